The minimum absolute atomic E-state index is 0.0627. The van der Waals surface area contributed by atoms with Gasteiger partial charge in [-0.25, -0.2) is 4.39 Å². The molecule has 2 rings (SSSR count). The summed E-state index contributed by atoms with van der Waals surface area (Å²) >= 11 is 12.6. The van der Waals surface area contributed by atoms with Gasteiger partial charge < -0.3 is 5.11 Å². The molecule has 0 aliphatic heterocycles. The first-order chi connectivity index (χ1) is 8.99. The topological polar surface area (TPSA) is 20.2 Å². The number of rotatable bonds is 3. The zero-order valence-electron chi connectivity index (χ0n) is 9.71. The molecule has 0 radical (unpaired) electrons. The van der Waals surface area contributed by atoms with Gasteiger partial charge in [0.2, 0.25) is 0 Å². The maximum Gasteiger partial charge on any atom is 0.142 e. The number of hydrogen-bond acceptors (Lipinski definition) is 1. The van der Waals surface area contributed by atoms with Crippen LogP contribution >= 0.6 is 43.5 Å². The van der Waals surface area contributed by atoms with Crippen LogP contribution in [0.2, 0.25) is 5.02 Å². The van der Waals surface area contributed by atoms with Crippen molar-refractivity contribution in [3.63, 3.8) is 0 Å². The molecule has 1 unspecified atom stereocenters. The van der Waals surface area contributed by atoms with Crippen LogP contribution in [0.5, 0.6) is 0 Å². The molecule has 1 nitrogen and oxygen atoms in total. The van der Waals surface area contributed by atoms with E-state index in [2.05, 4.69) is 31.9 Å². The molecule has 0 amide bonds. The van der Waals surface area contributed by atoms with E-state index in [0.717, 1.165) is 14.5 Å². The van der Waals surface area contributed by atoms with Crippen molar-refractivity contribution in [2.24, 2.45) is 0 Å². The van der Waals surface area contributed by atoms with Gasteiger partial charge in [-0.15, -0.1) is 0 Å². The largest absolute Gasteiger partial charge is 0.388 e. The van der Waals surface area contributed by atoms with Crippen LogP contribution < -0.4 is 0 Å². The van der Waals surface area contributed by atoms with Crippen LogP contribution in [0.4, 0.5) is 4.39 Å². The maximum absolute atomic E-state index is 13.3. The van der Waals surface area contributed by atoms with Gasteiger partial charge in [0.05, 0.1) is 11.1 Å². The molecule has 0 aromatic heterocycles. The minimum Gasteiger partial charge on any atom is -0.388 e. The van der Waals surface area contributed by atoms with E-state index in [1.165, 1.54) is 6.07 Å². The minimum atomic E-state index is -0.758. The Balaban J connectivity index is 2.28. The summed E-state index contributed by atoms with van der Waals surface area (Å²) in [6.07, 6.45) is -0.503. The lowest BCUT2D eigenvalue weighted by atomic mass is 10.0. The zero-order chi connectivity index (χ0) is 14.0. The third-order valence-electron chi connectivity index (χ3n) is 2.76. The van der Waals surface area contributed by atoms with E-state index in [4.69, 9.17) is 11.6 Å². The maximum atomic E-state index is 13.3. The third kappa shape index (κ3) is 3.57. The predicted octanol–water partition coefficient (Wildman–Crippen LogP) is 5.28. The van der Waals surface area contributed by atoms with Gasteiger partial charge in [0.25, 0.3) is 0 Å². The highest BCUT2D eigenvalue weighted by Gasteiger charge is 2.15. The quantitative estimate of drug-likeness (QED) is 0.733. The smallest absolute Gasteiger partial charge is 0.142 e. The number of aliphatic hydroxyl groups excluding tert-OH is 1. The zero-order valence-corrected chi connectivity index (χ0v) is 13.6. The molecule has 0 saturated carbocycles. The van der Waals surface area contributed by atoms with E-state index < -0.39 is 11.9 Å². The summed E-state index contributed by atoms with van der Waals surface area (Å²) in [5.41, 5.74) is 1.32. The molecule has 100 valence electrons. The number of hydrogen-bond donors (Lipinski definition) is 1. The summed E-state index contributed by atoms with van der Waals surface area (Å²) in [7, 11) is 0. The third-order valence-corrected chi connectivity index (χ3v) is 4.40. The molecule has 0 fully saturated rings. The molecule has 5 heteroatoms. The Hall–Kier alpha value is -0.420. The Kier molecular flexibility index (Phi) is 5.01. The summed E-state index contributed by atoms with van der Waals surface area (Å²) in [6, 6.07) is 10.1. The highest BCUT2D eigenvalue weighted by molar-refractivity contribution is 9.11. The van der Waals surface area contributed by atoms with Crippen molar-refractivity contribution in [1.82, 2.24) is 0 Å². The van der Waals surface area contributed by atoms with Crippen molar-refractivity contribution in [1.29, 1.82) is 0 Å². The van der Waals surface area contributed by atoms with E-state index in [0.29, 0.717) is 5.56 Å². The Morgan fingerprint density at radius 2 is 1.95 bits per heavy atom. The van der Waals surface area contributed by atoms with Gasteiger partial charge in [-0.2, -0.15) is 0 Å². The molecular weight excluding hydrogens is 398 g/mol. The molecule has 0 aliphatic rings. The number of halogens is 4. The fourth-order valence-electron chi connectivity index (χ4n) is 1.79. The van der Waals surface area contributed by atoms with E-state index in [1.807, 2.05) is 18.2 Å². The molecule has 2 aromatic rings. The van der Waals surface area contributed by atoms with E-state index in [1.54, 1.807) is 12.1 Å². The van der Waals surface area contributed by atoms with Crippen molar-refractivity contribution in [3.8, 4) is 0 Å². The van der Waals surface area contributed by atoms with Gasteiger partial charge in [0.1, 0.15) is 5.82 Å². The normalized spacial score (nSPS) is 12.5. The van der Waals surface area contributed by atoms with Gasteiger partial charge in [-0.05, 0) is 35.4 Å². The van der Waals surface area contributed by atoms with Gasteiger partial charge in [-0.1, -0.05) is 55.6 Å². The summed E-state index contributed by atoms with van der Waals surface area (Å²) in [5, 5.41) is 10.3. The van der Waals surface area contributed by atoms with E-state index >= 15 is 0 Å². The summed E-state index contributed by atoms with van der Waals surface area (Å²) < 4.78 is 15.0. The van der Waals surface area contributed by atoms with Gasteiger partial charge in [0, 0.05) is 15.4 Å². The van der Waals surface area contributed by atoms with E-state index in [-0.39, 0.29) is 11.4 Å². The average Bonchev–Trinajstić information content (AvgIpc) is 2.38. The van der Waals surface area contributed by atoms with E-state index in [9.17, 15) is 9.50 Å². The molecule has 1 N–H and O–H groups in total. The van der Waals surface area contributed by atoms with Crippen molar-refractivity contribution in [2.45, 2.75) is 12.5 Å². The first kappa shape index (κ1) is 15.0. The molecule has 0 heterocycles. The summed E-state index contributed by atoms with van der Waals surface area (Å²) in [4.78, 5) is 0. The lowest BCUT2D eigenvalue weighted by Gasteiger charge is -2.14. The number of benzene rings is 2. The molecule has 19 heavy (non-hydrogen) atoms. The highest BCUT2D eigenvalue weighted by atomic mass is 79.9. The van der Waals surface area contributed by atoms with Crippen molar-refractivity contribution in [3.05, 3.63) is 67.3 Å². The fraction of sp³-hybridized carbons (Fsp3) is 0.143. The Morgan fingerprint density at radius 3 is 2.68 bits per heavy atom. The molecule has 0 aliphatic carbocycles. The van der Waals surface area contributed by atoms with Crippen LogP contribution in [-0.2, 0) is 6.42 Å². The van der Waals surface area contributed by atoms with Crippen molar-refractivity contribution < 1.29 is 9.50 Å². The van der Waals surface area contributed by atoms with Crippen LogP contribution in [0.1, 0.15) is 17.2 Å². The van der Waals surface area contributed by atoms with Crippen LogP contribution in [-0.4, -0.2) is 5.11 Å². The number of aliphatic hydroxyl groups is 1. The van der Waals surface area contributed by atoms with Crippen molar-refractivity contribution >= 4 is 43.5 Å². The Morgan fingerprint density at radius 1 is 1.21 bits per heavy atom. The Labute approximate surface area is 132 Å². The second-order valence-corrected chi connectivity index (χ2v) is 6.25. The lowest BCUT2D eigenvalue weighted by molar-refractivity contribution is 0.177. The highest BCUT2D eigenvalue weighted by Crippen LogP contribution is 2.31. The predicted molar refractivity (Wildman–Crippen MR) is 81.9 cm³/mol. The Bertz CT molecular complexity index is 604. The van der Waals surface area contributed by atoms with Crippen LogP contribution in [0.25, 0.3) is 0 Å². The van der Waals surface area contributed by atoms with Gasteiger partial charge >= 0.3 is 0 Å². The molecule has 0 bridgehead atoms. The standard InChI is InChI=1S/C14H10Br2ClFO/c15-9-4-5-11(16)10(7-9)13(19)6-8-2-1-3-12(18)14(8)17/h1-5,7,13,19H,6H2. The fourth-order valence-corrected chi connectivity index (χ4v) is 2.89. The van der Waals surface area contributed by atoms with Crippen molar-refractivity contribution in [2.75, 3.05) is 0 Å². The lowest BCUT2D eigenvalue weighted by Crippen LogP contribution is -2.04. The first-order valence-corrected chi connectivity index (χ1v) is 7.51. The first-order valence-electron chi connectivity index (χ1n) is 5.55. The molecular formula is C14H10Br2ClFO. The van der Waals surface area contributed by atoms with Gasteiger partial charge in [0.15, 0.2) is 0 Å². The molecule has 1 atom stereocenters. The molecule has 0 spiro atoms. The van der Waals surface area contributed by atoms with Crippen LogP contribution in [0.15, 0.2) is 45.3 Å². The SMILES string of the molecule is OC(Cc1cccc(F)c1Cl)c1cc(Br)ccc1Br. The summed E-state index contributed by atoms with van der Waals surface area (Å²) in [5.74, 6) is -0.473. The van der Waals surface area contributed by atoms with Crippen LogP contribution in [0.3, 0.4) is 0 Å². The molecule has 2 aromatic carbocycles. The van der Waals surface area contributed by atoms with Gasteiger partial charge in [-0.3, -0.25) is 0 Å². The monoisotopic (exact) mass is 406 g/mol. The summed E-state index contributed by atoms with van der Waals surface area (Å²) in [6.45, 7) is 0. The average molecular weight is 408 g/mol. The van der Waals surface area contributed by atoms with Crippen LogP contribution in [0, 0.1) is 5.82 Å². The molecule has 0 saturated heterocycles. The second-order valence-electron chi connectivity index (χ2n) is 4.10. The second kappa shape index (κ2) is 6.35.